The van der Waals surface area contributed by atoms with Crippen LogP contribution >= 0.6 is 0 Å². The van der Waals surface area contributed by atoms with Crippen molar-refractivity contribution < 1.29 is 14.6 Å². The molecule has 2 N–H and O–H groups in total. The Morgan fingerprint density at radius 1 is 1.42 bits per heavy atom. The van der Waals surface area contributed by atoms with Crippen molar-refractivity contribution >= 4 is 5.91 Å². The summed E-state index contributed by atoms with van der Waals surface area (Å²) in [5.41, 5.74) is 1.95. The van der Waals surface area contributed by atoms with Crippen molar-refractivity contribution in [3.63, 3.8) is 0 Å². The van der Waals surface area contributed by atoms with Gasteiger partial charge >= 0.3 is 0 Å². The number of carbonyl (C=O) groups is 1. The van der Waals surface area contributed by atoms with Crippen LogP contribution in [0.3, 0.4) is 0 Å². The highest BCUT2D eigenvalue weighted by Crippen LogP contribution is 2.20. The summed E-state index contributed by atoms with van der Waals surface area (Å²) in [6.07, 6.45) is -0.251. The maximum absolute atomic E-state index is 11.8. The predicted molar refractivity (Wildman–Crippen MR) is 75.3 cm³/mol. The first kappa shape index (κ1) is 15.5. The standard InChI is InChI=1S/C15H23NO3/c1-10(2)13(17)9-16-15(18)8-12-7-11(3)5-6-14(12)19-4/h5-7,10,13,17H,8-9H2,1-4H3,(H,16,18). The molecule has 0 radical (unpaired) electrons. The minimum absolute atomic E-state index is 0.108. The molecule has 0 aliphatic rings. The zero-order valence-electron chi connectivity index (χ0n) is 12.1. The highest BCUT2D eigenvalue weighted by Gasteiger charge is 2.12. The number of hydrogen-bond acceptors (Lipinski definition) is 3. The molecule has 0 saturated carbocycles. The molecule has 0 spiro atoms. The first-order valence-electron chi connectivity index (χ1n) is 6.52. The molecule has 1 atom stereocenters. The van der Waals surface area contributed by atoms with Gasteiger partial charge in [-0.15, -0.1) is 0 Å². The van der Waals surface area contributed by atoms with Crippen LogP contribution in [0.4, 0.5) is 0 Å². The van der Waals surface area contributed by atoms with Crippen LogP contribution in [0.25, 0.3) is 0 Å². The first-order valence-corrected chi connectivity index (χ1v) is 6.52. The SMILES string of the molecule is COc1ccc(C)cc1CC(=O)NCC(O)C(C)C. The highest BCUT2D eigenvalue weighted by molar-refractivity contribution is 5.79. The second-order valence-electron chi connectivity index (χ2n) is 5.11. The summed E-state index contributed by atoms with van der Waals surface area (Å²) in [7, 11) is 1.59. The molecular weight excluding hydrogens is 242 g/mol. The number of hydrogen-bond donors (Lipinski definition) is 2. The first-order chi connectivity index (χ1) is 8.93. The van der Waals surface area contributed by atoms with Gasteiger partial charge in [0.1, 0.15) is 5.75 Å². The third kappa shape index (κ3) is 4.91. The third-order valence-corrected chi connectivity index (χ3v) is 3.06. The number of rotatable bonds is 6. The lowest BCUT2D eigenvalue weighted by atomic mass is 10.1. The fourth-order valence-electron chi connectivity index (χ4n) is 1.74. The monoisotopic (exact) mass is 265 g/mol. The molecule has 1 rings (SSSR count). The second kappa shape index (κ2) is 7.14. The van der Waals surface area contributed by atoms with E-state index in [1.54, 1.807) is 7.11 Å². The Morgan fingerprint density at radius 3 is 2.68 bits per heavy atom. The van der Waals surface area contributed by atoms with Gasteiger partial charge in [-0.25, -0.2) is 0 Å². The van der Waals surface area contributed by atoms with E-state index in [-0.39, 0.29) is 24.8 Å². The number of methoxy groups -OCH3 is 1. The van der Waals surface area contributed by atoms with E-state index >= 15 is 0 Å². The van der Waals surface area contributed by atoms with Crippen LogP contribution in [0.1, 0.15) is 25.0 Å². The Labute approximate surface area is 114 Å². The van der Waals surface area contributed by atoms with Crippen molar-refractivity contribution in [3.05, 3.63) is 29.3 Å². The Hall–Kier alpha value is -1.55. The summed E-state index contributed by atoms with van der Waals surface area (Å²) in [6.45, 7) is 6.09. The Morgan fingerprint density at radius 2 is 2.11 bits per heavy atom. The molecule has 0 heterocycles. The van der Waals surface area contributed by atoms with Crippen molar-refractivity contribution in [1.82, 2.24) is 5.32 Å². The number of aliphatic hydroxyl groups excluding tert-OH is 1. The summed E-state index contributed by atoms with van der Waals surface area (Å²) in [6, 6.07) is 5.75. The third-order valence-electron chi connectivity index (χ3n) is 3.06. The van der Waals surface area contributed by atoms with Gasteiger partial charge in [-0.05, 0) is 18.9 Å². The number of amides is 1. The molecule has 1 aromatic carbocycles. The number of nitrogens with one attached hydrogen (secondary N) is 1. The fourth-order valence-corrected chi connectivity index (χ4v) is 1.74. The minimum Gasteiger partial charge on any atom is -0.496 e. The summed E-state index contributed by atoms with van der Waals surface area (Å²) in [5.74, 6) is 0.738. The molecule has 0 saturated heterocycles. The average molecular weight is 265 g/mol. The van der Waals surface area contributed by atoms with E-state index in [4.69, 9.17) is 4.74 Å². The summed E-state index contributed by atoms with van der Waals surface area (Å²) in [5, 5.41) is 12.4. The van der Waals surface area contributed by atoms with E-state index in [1.165, 1.54) is 0 Å². The molecule has 0 aliphatic heterocycles. The molecule has 0 fully saturated rings. The topological polar surface area (TPSA) is 58.6 Å². The predicted octanol–water partition coefficient (Wildman–Crippen LogP) is 1.68. The van der Waals surface area contributed by atoms with Gasteiger partial charge in [0.05, 0.1) is 19.6 Å². The fraction of sp³-hybridized carbons (Fsp3) is 0.533. The van der Waals surface area contributed by atoms with Crippen molar-refractivity contribution in [2.45, 2.75) is 33.3 Å². The number of aliphatic hydroxyl groups is 1. The molecule has 1 aromatic rings. The second-order valence-corrected chi connectivity index (χ2v) is 5.11. The van der Waals surface area contributed by atoms with E-state index < -0.39 is 6.10 Å². The largest absolute Gasteiger partial charge is 0.496 e. The van der Waals surface area contributed by atoms with Gasteiger partial charge in [0.15, 0.2) is 0 Å². The van der Waals surface area contributed by atoms with Crippen molar-refractivity contribution in [2.24, 2.45) is 5.92 Å². The molecular formula is C15H23NO3. The van der Waals surface area contributed by atoms with Gasteiger partial charge in [0.2, 0.25) is 5.91 Å². The molecule has 4 nitrogen and oxygen atoms in total. The molecule has 19 heavy (non-hydrogen) atoms. The lowest BCUT2D eigenvalue weighted by Gasteiger charge is -2.15. The maximum Gasteiger partial charge on any atom is 0.224 e. The normalized spacial score (nSPS) is 12.3. The Bertz CT molecular complexity index is 429. The van der Waals surface area contributed by atoms with Crippen LogP contribution in [0, 0.1) is 12.8 Å². The van der Waals surface area contributed by atoms with Crippen LogP contribution in [-0.2, 0) is 11.2 Å². The Balaban J connectivity index is 2.59. The molecule has 1 amide bonds. The number of carbonyl (C=O) groups excluding carboxylic acids is 1. The van der Waals surface area contributed by atoms with E-state index in [2.05, 4.69) is 5.32 Å². The van der Waals surface area contributed by atoms with Crippen molar-refractivity contribution in [1.29, 1.82) is 0 Å². The van der Waals surface area contributed by atoms with E-state index in [0.717, 1.165) is 11.1 Å². The average Bonchev–Trinajstić information content (AvgIpc) is 2.36. The highest BCUT2D eigenvalue weighted by atomic mass is 16.5. The lowest BCUT2D eigenvalue weighted by Crippen LogP contribution is -2.35. The van der Waals surface area contributed by atoms with Crippen LogP contribution in [0.2, 0.25) is 0 Å². The molecule has 0 aliphatic carbocycles. The zero-order valence-corrected chi connectivity index (χ0v) is 12.1. The van der Waals surface area contributed by atoms with Crippen LogP contribution < -0.4 is 10.1 Å². The van der Waals surface area contributed by atoms with Gasteiger partial charge < -0.3 is 15.2 Å². The van der Waals surface area contributed by atoms with Crippen molar-refractivity contribution in [3.8, 4) is 5.75 Å². The van der Waals surface area contributed by atoms with Gasteiger partial charge in [0, 0.05) is 12.1 Å². The molecule has 1 unspecified atom stereocenters. The molecule has 106 valence electrons. The van der Waals surface area contributed by atoms with E-state index in [9.17, 15) is 9.90 Å². The van der Waals surface area contributed by atoms with Gasteiger partial charge in [-0.2, -0.15) is 0 Å². The number of aryl methyl sites for hydroxylation is 1. The van der Waals surface area contributed by atoms with Gasteiger partial charge in [0.25, 0.3) is 0 Å². The minimum atomic E-state index is -0.511. The lowest BCUT2D eigenvalue weighted by molar-refractivity contribution is -0.121. The van der Waals surface area contributed by atoms with Gasteiger partial charge in [-0.1, -0.05) is 31.5 Å². The van der Waals surface area contributed by atoms with E-state index in [1.807, 2.05) is 39.0 Å². The molecule has 0 bridgehead atoms. The Kier molecular flexibility index (Phi) is 5.83. The smallest absolute Gasteiger partial charge is 0.224 e. The van der Waals surface area contributed by atoms with Crippen LogP contribution in [0.15, 0.2) is 18.2 Å². The number of benzene rings is 1. The van der Waals surface area contributed by atoms with Crippen LogP contribution in [0.5, 0.6) is 5.75 Å². The van der Waals surface area contributed by atoms with Crippen molar-refractivity contribution in [2.75, 3.05) is 13.7 Å². The van der Waals surface area contributed by atoms with E-state index in [0.29, 0.717) is 5.75 Å². The maximum atomic E-state index is 11.8. The molecule has 4 heteroatoms. The zero-order chi connectivity index (χ0) is 14.4. The number of ether oxygens (including phenoxy) is 1. The van der Waals surface area contributed by atoms with Crippen LogP contribution in [-0.4, -0.2) is 30.8 Å². The summed E-state index contributed by atoms with van der Waals surface area (Å²) >= 11 is 0. The van der Waals surface area contributed by atoms with Gasteiger partial charge in [-0.3, -0.25) is 4.79 Å². The quantitative estimate of drug-likeness (QED) is 0.822. The summed E-state index contributed by atoms with van der Waals surface area (Å²) < 4.78 is 5.24. The molecule has 0 aromatic heterocycles. The summed E-state index contributed by atoms with van der Waals surface area (Å²) in [4.78, 5) is 11.8.